The Morgan fingerprint density at radius 3 is 2.46 bits per heavy atom. The minimum atomic E-state index is -0.876. The van der Waals surface area contributed by atoms with Crippen LogP contribution < -0.4 is 10.2 Å². The summed E-state index contributed by atoms with van der Waals surface area (Å²) < 4.78 is 7.28. The van der Waals surface area contributed by atoms with Gasteiger partial charge in [0.1, 0.15) is 18.4 Å². The molecule has 1 aromatic heterocycles. The second-order valence-corrected chi connectivity index (χ2v) is 6.27. The van der Waals surface area contributed by atoms with Gasteiger partial charge in [0.15, 0.2) is 0 Å². The Morgan fingerprint density at radius 2 is 1.96 bits per heavy atom. The first kappa shape index (κ1) is 17.7. The standard InChI is InChI=1S/C17H22N4O3/c1-12(20-23-5)13-6-8-14(9-7-13)24-16(15(22)17(2,3)4)21-11-18-10-19-21/h6-11,16,20H,1H2,2-5H3. The first-order valence-electron chi connectivity index (χ1n) is 7.46. The van der Waals surface area contributed by atoms with Crippen molar-refractivity contribution in [1.29, 1.82) is 0 Å². The number of aromatic nitrogens is 3. The molecule has 1 aromatic carbocycles. The van der Waals surface area contributed by atoms with Gasteiger partial charge in [-0.05, 0) is 29.8 Å². The van der Waals surface area contributed by atoms with Gasteiger partial charge in [-0.15, -0.1) is 0 Å². The first-order chi connectivity index (χ1) is 11.3. The van der Waals surface area contributed by atoms with E-state index in [0.29, 0.717) is 11.4 Å². The van der Waals surface area contributed by atoms with Crippen LogP contribution in [0.2, 0.25) is 0 Å². The van der Waals surface area contributed by atoms with Gasteiger partial charge in [-0.1, -0.05) is 27.4 Å². The smallest absolute Gasteiger partial charge is 0.252 e. The predicted octanol–water partition coefficient (Wildman–Crippen LogP) is 2.59. The minimum absolute atomic E-state index is 0.0949. The molecule has 0 bridgehead atoms. The first-order valence-corrected chi connectivity index (χ1v) is 7.46. The van der Waals surface area contributed by atoms with Crippen LogP contribution in [0.1, 0.15) is 32.6 Å². The summed E-state index contributed by atoms with van der Waals surface area (Å²) in [5, 5.41) is 4.04. The summed E-state index contributed by atoms with van der Waals surface area (Å²) in [5.41, 5.74) is 3.57. The number of ketones is 1. The molecule has 0 saturated heterocycles. The van der Waals surface area contributed by atoms with E-state index >= 15 is 0 Å². The molecule has 0 spiro atoms. The molecule has 1 unspecified atom stereocenters. The summed E-state index contributed by atoms with van der Waals surface area (Å²) in [6, 6.07) is 7.17. The number of hydrogen-bond acceptors (Lipinski definition) is 6. The fourth-order valence-corrected chi connectivity index (χ4v) is 1.98. The Hall–Kier alpha value is -2.67. The van der Waals surface area contributed by atoms with Gasteiger partial charge in [0.25, 0.3) is 6.23 Å². The number of hydrogen-bond donors (Lipinski definition) is 1. The van der Waals surface area contributed by atoms with Gasteiger partial charge in [0.2, 0.25) is 5.78 Å². The number of carbonyl (C=O) groups is 1. The highest BCUT2D eigenvalue weighted by molar-refractivity contribution is 5.86. The van der Waals surface area contributed by atoms with Crippen molar-refractivity contribution in [3.63, 3.8) is 0 Å². The third-order valence-corrected chi connectivity index (χ3v) is 3.32. The number of carbonyl (C=O) groups excluding carboxylic acids is 1. The molecule has 0 fully saturated rings. The van der Waals surface area contributed by atoms with Crippen molar-refractivity contribution >= 4 is 11.5 Å². The topological polar surface area (TPSA) is 78.3 Å². The van der Waals surface area contributed by atoms with Crippen molar-refractivity contribution in [3.8, 4) is 5.75 Å². The summed E-state index contributed by atoms with van der Waals surface area (Å²) in [4.78, 5) is 21.4. The second kappa shape index (κ2) is 7.27. The molecule has 0 aliphatic rings. The highest BCUT2D eigenvalue weighted by Crippen LogP contribution is 2.26. The maximum atomic E-state index is 12.7. The lowest BCUT2D eigenvalue weighted by Crippen LogP contribution is -2.34. The van der Waals surface area contributed by atoms with E-state index in [9.17, 15) is 4.79 Å². The molecule has 128 valence electrons. The van der Waals surface area contributed by atoms with E-state index in [1.165, 1.54) is 24.4 Å². The normalized spacial score (nSPS) is 12.5. The zero-order chi connectivity index (χ0) is 17.7. The third-order valence-electron chi connectivity index (χ3n) is 3.32. The third kappa shape index (κ3) is 4.20. The summed E-state index contributed by atoms with van der Waals surface area (Å²) in [6.45, 7) is 9.37. The highest BCUT2D eigenvalue weighted by Gasteiger charge is 2.33. The maximum Gasteiger partial charge on any atom is 0.252 e. The zero-order valence-electron chi connectivity index (χ0n) is 14.3. The van der Waals surface area contributed by atoms with Crippen LogP contribution in [0.3, 0.4) is 0 Å². The van der Waals surface area contributed by atoms with Crippen molar-refractivity contribution in [2.45, 2.75) is 27.0 Å². The monoisotopic (exact) mass is 330 g/mol. The van der Waals surface area contributed by atoms with E-state index in [1.54, 1.807) is 12.1 Å². The number of nitrogens with zero attached hydrogens (tertiary/aromatic N) is 3. The van der Waals surface area contributed by atoms with E-state index < -0.39 is 11.6 Å². The Bertz CT molecular complexity index is 688. The Balaban J connectivity index is 2.21. The molecule has 1 N–H and O–H groups in total. The van der Waals surface area contributed by atoms with E-state index in [1.807, 2.05) is 32.9 Å². The molecule has 0 saturated carbocycles. The second-order valence-electron chi connectivity index (χ2n) is 6.27. The highest BCUT2D eigenvalue weighted by atomic mass is 16.6. The van der Waals surface area contributed by atoms with Crippen LogP contribution in [0, 0.1) is 5.41 Å². The lowest BCUT2D eigenvalue weighted by Gasteiger charge is -2.25. The quantitative estimate of drug-likeness (QED) is 0.786. The number of Topliss-reactive ketones (excluding diaryl/α,β-unsaturated/α-hetero) is 1. The van der Waals surface area contributed by atoms with Crippen LogP contribution in [0.25, 0.3) is 5.70 Å². The van der Waals surface area contributed by atoms with Gasteiger partial charge in [-0.25, -0.2) is 9.67 Å². The van der Waals surface area contributed by atoms with Gasteiger partial charge in [0.05, 0.1) is 12.8 Å². The molecular formula is C17H22N4O3. The Morgan fingerprint density at radius 1 is 1.29 bits per heavy atom. The molecule has 0 radical (unpaired) electrons. The number of hydroxylamine groups is 1. The van der Waals surface area contributed by atoms with Crippen molar-refractivity contribution in [3.05, 3.63) is 49.1 Å². The molecule has 1 heterocycles. The van der Waals surface area contributed by atoms with Crippen LogP contribution in [0.5, 0.6) is 5.75 Å². The van der Waals surface area contributed by atoms with Gasteiger partial charge in [-0.3, -0.25) is 15.1 Å². The molecule has 0 aliphatic carbocycles. The SMILES string of the molecule is C=C(NOC)c1ccc(OC(C(=O)C(C)(C)C)n2cncn2)cc1. The molecule has 1 atom stereocenters. The van der Waals surface area contributed by atoms with Gasteiger partial charge in [-0.2, -0.15) is 5.10 Å². The summed E-state index contributed by atoms with van der Waals surface area (Å²) in [7, 11) is 1.52. The van der Waals surface area contributed by atoms with Crippen LogP contribution in [-0.2, 0) is 9.63 Å². The number of benzene rings is 1. The van der Waals surface area contributed by atoms with Crippen LogP contribution >= 0.6 is 0 Å². The molecule has 7 heteroatoms. The van der Waals surface area contributed by atoms with Crippen LogP contribution in [0.4, 0.5) is 0 Å². The average Bonchev–Trinajstić information content (AvgIpc) is 3.06. The fraction of sp³-hybridized carbons (Fsp3) is 0.353. The van der Waals surface area contributed by atoms with E-state index in [4.69, 9.17) is 9.57 Å². The van der Waals surface area contributed by atoms with Crippen LogP contribution in [0.15, 0.2) is 43.5 Å². The minimum Gasteiger partial charge on any atom is -0.461 e. The fourth-order valence-electron chi connectivity index (χ4n) is 1.98. The molecule has 0 amide bonds. The molecule has 24 heavy (non-hydrogen) atoms. The van der Waals surface area contributed by atoms with E-state index in [2.05, 4.69) is 22.1 Å². The number of ether oxygens (including phenoxy) is 1. The number of rotatable bonds is 7. The van der Waals surface area contributed by atoms with Crippen LogP contribution in [-0.4, -0.2) is 27.7 Å². The molecule has 0 aliphatic heterocycles. The van der Waals surface area contributed by atoms with E-state index in [-0.39, 0.29) is 5.78 Å². The van der Waals surface area contributed by atoms with Crippen molar-refractivity contribution in [2.75, 3.05) is 7.11 Å². The number of nitrogens with one attached hydrogen (secondary N) is 1. The zero-order valence-corrected chi connectivity index (χ0v) is 14.3. The molecular weight excluding hydrogens is 308 g/mol. The van der Waals surface area contributed by atoms with Gasteiger partial charge >= 0.3 is 0 Å². The van der Waals surface area contributed by atoms with Gasteiger partial charge < -0.3 is 4.74 Å². The molecule has 7 nitrogen and oxygen atoms in total. The lowest BCUT2D eigenvalue weighted by atomic mass is 9.90. The van der Waals surface area contributed by atoms with Crippen molar-refractivity contribution in [2.24, 2.45) is 5.41 Å². The largest absolute Gasteiger partial charge is 0.461 e. The molecule has 2 rings (SSSR count). The predicted molar refractivity (Wildman–Crippen MR) is 89.8 cm³/mol. The summed E-state index contributed by atoms with van der Waals surface area (Å²) in [6.07, 6.45) is 1.96. The Labute approximate surface area is 141 Å². The summed E-state index contributed by atoms with van der Waals surface area (Å²) in [5.74, 6) is 0.449. The van der Waals surface area contributed by atoms with E-state index in [0.717, 1.165) is 5.56 Å². The van der Waals surface area contributed by atoms with Crippen molar-refractivity contribution in [1.82, 2.24) is 20.2 Å². The maximum absolute atomic E-state index is 12.7. The van der Waals surface area contributed by atoms with Crippen molar-refractivity contribution < 1.29 is 14.4 Å². The lowest BCUT2D eigenvalue weighted by molar-refractivity contribution is -0.138. The molecule has 2 aromatic rings. The van der Waals surface area contributed by atoms with Gasteiger partial charge in [0, 0.05) is 5.41 Å². The average molecular weight is 330 g/mol. The Kier molecular flexibility index (Phi) is 5.35. The summed E-state index contributed by atoms with van der Waals surface area (Å²) >= 11 is 0.